The molecule has 1 fully saturated rings. The molecule has 0 aliphatic carbocycles. The highest BCUT2D eigenvalue weighted by Crippen LogP contribution is 2.29. The summed E-state index contributed by atoms with van der Waals surface area (Å²) in [5.41, 5.74) is 1.98. The van der Waals surface area contributed by atoms with Gasteiger partial charge in [0.1, 0.15) is 11.3 Å². The number of rotatable bonds is 7. The fraction of sp³-hybridized carbons (Fsp3) is 0.435. The van der Waals surface area contributed by atoms with E-state index in [0.29, 0.717) is 29.8 Å². The lowest BCUT2D eigenvalue weighted by molar-refractivity contribution is -0.120. The van der Waals surface area contributed by atoms with E-state index in [2.05, 4.69) is 22.6 Å². The zero-order valence-corrected chi connectivity index (χ0v) is 19.9. The van der Waals surface area contributed by atoms with E-state index in [1.165, 1.54) is 4.31 Å². The Hall–Kier alpha value is -2.98. The number of ether oxygens (including phenoxy) is 1. The Kier molecular flexibility index (Phi) is 6.66. The molecule has 10 heteroatoms. The van der Waals surface area contributed by atoms with E-state index in [1.807, 2.05) is 23.7 Å². The molecule has 9 nitrogen and oxygen atoms in total. The number of hydrogen-bond acceptors (Lipinski definition) is 6. The minimum Gasteiger partial charge on any atom is -0.495 e. The van der Waals surface area contributed by atoms with E-state index < -0.39 is 10.0 Å². The Bertz CT molecular complexity index is 1250. The summed E-state index contributed by atoms with van der Waals surface area (Å²) in [6.45, 7) is 4.68. The van der Waals surface area contributed by atoms with Gasteiger partial charge in [-0.05, 0) is 56.5 Å². The van der Waals surface area contributed by atoms with Crippen LogP contribution in [0.2, 0.25) is 0 Å². The van der Waals surface area contributed by atoms with Crippen LogP contribution in [0.3, 0.4) is 0 Å². The van der Waals surface area contributed by atoms with Gasteiger partial charge in [-0.25, -0.2) is 13.1 Å². The third-order valence-corrected chi connectivity index (χ3v) is 8.17. The molecule has 0 spiro atoms. The molecule has 1 aliphatic rings. The van der Waals surface area contributed by atoms with Crippen molar-refractivity contribution >= 4 is 32.7 Å². The van der Waals surface area contributed by atoms with Crippen LogP contribution in [0.1, 0.15) is 39.2 Å². The minimum absolute atomic E-state index is 0.125. The van der Waals surface area contributed by atoms with Gasteiger partial charge in [0, 0.05) is 19.0 Å². The third-order valence-electron chi connectivity index (χ3n) is 6.28. The Morgan fingerprint density at radius 1 is 1.21 bits per heavy atom. The Morgan fingerprint density at radius 3 is 2.64 bits per heavy atom. The molecule has 1 aliphatic heterocycles. The van der Waals surface area contributed by atoms with Crippen LogP contribution in [0.25, 0.3) is 11.0 Å². The number of nitrogens with zero attached hydrogens (tertiary/aromatic N) is 4. The first-order chi connectivity index (χ1) is 15.8. The van der Waals surface area contributed by atoms with Gasteiger partial charge in [0.05, 0.1) is 29.3 Å². The zero-order chi connectivity index (χ0) is 23.6. The number of nitrogens with one attached hydrogen (secondary N) is 1. The second kappa shape index (κ2) is 9.48. The van der Waals surface area contributed by atoms with Crippen LogP contribution in [0.15, 0.2) is 47.4 Å². The number of amides is 1. The number of piperidine rings is 1. The van der Waals surface area contributed by atoms with Crippen LogP contribution in [-0.2, 0) is 14.8 Å². The molecular weight excluding hydrogens is 442 g/mol. The topological polar surface area (TPSA) is 106 Å². The first-order valence-electron chi connectivity index (χ1n) is 11.1. The van der Waals surface area contributed by atoms with Gasteiger partial charge >= 0.3 is 0 Å². The van der Waals surface area contributed by atoms with Crippen molar-refractivity contribution < 1.29 is 17.9 Å². The van der Waals surface area contributed by atoms with Crippen molar-refractivity contribution in [3.63, 3.8) is 0 Å². The number of carbonyl (C=O) groups excluding carboxylic acids is 1. The molecule has 1 unspecified atom stereocenters. The quantitative estimate of drug-likeness (QED) is 0.566. The summed E-state index contributed by atoms with van der Waals surface area (Å²) < 4.78 is 35.0. The number of methoxy groups -OCH3 is 1. The van der Waals surface area contributed by atoms with Gasteiger partial charge in [0.2, 0.25) is 15.9 Å². The predicted octanol–water partition coefficient (Wildman–Crippen LogP) is 3.45. The molecule has 3 aromatic rings. The first-order valence-corrected chi connectivity index (χ1v) is 12.6. The Morgan fingerprint density at radius 2 is 1.94 bits per heavy atom. The van der Waals surface area contributed by atoms with Crippen molar-refractivity contribution in [2.24, 2.45) is 5.92 Å². The van der Waals surface area contributed by atoms with Crippen molar-refractivity contribution in [3.05, 3.63) is 42.5 Å². The summed E-state index contributed by atoms with van der Waals surface area (Å²) in [6.07, 6.45) is 1.80. The highest BCUT2D eigenvalue weighted by atomic mass is 32.2. The van der Waals surface area contributed by atoms with Gasteiger partial charge in [0.25, 0.3) is 0 Å². The highest BCUT2D eigenvalue weighted by molar-refractivity contribution is 7.89. The molecule has 2 heterocycles. The van der Waals surface area contributed by atoms with Gasteiger partial charge < -0.3 is 10.1 Å². The molecule has 33 heavy (non-hydrogen) atoms. The molecule has 4 rings (SSSR count). The molecule has 1 amide bonds. The second-order valence-electron chi connectivity index (χ2n) is 8.31. The van der Waals surface area contributed by atoms with Crippen LogP contribution in [-0.4, -0.2) is 53.8 Å². The van der Waals surface area contributed by atoms with Crippen molar-refractivity contribution in [3.8, 4) is 5.75 Å². The van der Waals surface area contributed by atoms with Crippen LogP contribution in [0.4, 0.5) is 5.69 Å². The minimum atomic E-state index is -3.68. The average Bonchev–Trinajstić information content (AvgIpc) is 3.27. The van der Waals surface area contributed by atoms with Crippen molar-refractivity contribution in [2.75, 3.05) is 25.5 Å². The van der Waals surface area contributed by atoms with Crippen molar-refractivity contribution in [1.29, 1.82) is 0 Å². The number of sulfonamides is 1. The zero-order valence-electron chi connectivity index (χ0n) is 19.1. The fourth-order valence-corrected chi connectivity index (χ4v) is 5.56. The molecule has 1 saturated heterocycles. The maximum Gasteiger partial charge on any atom is 0.243 e. The number of aromatic nitrogens is 3. The number of fused-ring (bicyclic) bond motifs is 1. The Balaban J connectivity index is 1.44. The monoisotopic (exact) mass is 471 g/mol. The molecular formula is C23H29N5O4S. The number of hydrogen-bond donors (Lipinski definition) is 1. The molecule has 0 saturated carbocycles. The molecule has 1 atom stereocenters. The number of anilines is 1. The van der Waals surface area contributed by atoms with E-state index in [-0.39, 0.29) is 35.9 Å². The van der Waals surface area contributed by atoms with Gasteiger partial charge in [0.15, 0.2) is 0 Å². The number of benzene rings is 2. The van der Waals surface area contributed by atoms with E-state index in [9.17, 15) is 13.2 Å². The summed E-state index contributed by atoms with van der Waals surface area (Å²) in [7, 11) is -2.13. The largest absolute Gasteiger partial charge is 0.495 e. The van der Waals surface area contributed by atoms with E-state index >= 15 is 0 Å². The van der Waals surface area contributed by atoms with E-state index in [1.54, 1.807) is 37.4 Å². The number of para-hydroxylation sites is 2. The number of carbonyl (C=O) groups is 1. The summed E-state index contributed by atoms with van der Waals surface area (Å²) in [6, 6.07) is 12.4. The second-order valence-corrected chi connectivity index (χ2v) is 10.2. The molecule has 1 N–H and O–H groups in total. The van der Waals surface area contributed by atoms with E-state index in [4.69, 9.17) is 4.74 Å². The predicted molar refractivity (Wildman–Crippen MR) is 126 cm³/mol. The summed E-state index contributed by atoms with van der Waals surface area (Å²) >= 11 is 0. The lowest BCUT2D eigenvalue weighted by Gasteiger charge is -2.30. The van der Waals surface area contributed by atoms with Crippen molar-refractivity contribution in [1.82, 2.24) is 19.3 Å². The first kappa shape index (κ1) is 23.2. The molecule has 0 bridgehead atoms. The average molecular weight is 472 g/mol. The van der Waals surface area contributed by atoms with E-state index in [0.717, 1.165) is 11.9 Å². The van der Waals surface area contributed by atoms with Gasteiger partial charge in [-0.1, -0.05) is 24.3 Å². The summed E-state index contributed by atoms with van der Waals surface area (Å²) in [5.74, 6) is 0.199. The van der Waals surface area contributed by atoms with Gasteiger partial charge in [-0.2, -0.15) is 4.31 Å². The normalized spacial score (nSPS) is 16.6. The van der Waals surface area contributed by atoms with Crippen LogP contribution < -0.4 is 10.1 Å². The van der Waals surface area contributed by atoms with Crippen LogP contribution >= 0.6 is 0 Å². The highest BCUT2D eigenvalue weighted by Gasteiger charge is 2.32. The summed E-state index contributed by atoms with van der Waals surface area (Å²) in [5, 5.41) is 11.2. The van der Waals surface area contributed by atoms with Gasteiger partial charge in [-0.15, -0.1) is 5.10 Å². The molecule has 0 radical (unpaired) electrons. The smallest absolute Gasteiger partial charge is 0.243 e. The van der Waals surface area contributed by atoms with Crippen LogP contribution in [0.5, 0.6) is 5.75 Å². The van der Waals surface area contributed by atoms with Crippen LogP contribution in [0, 0.1) is 5.92 Å². The lowest BCUT2D eigenvalue weighted by Crippen LogP contribution is -2.41. The summed E-state index contributed by atoms with van der Waals surface area (Å²) in [4.78, 5) is 12.9. The Labute approximate surface area is 193 Å². The molecule has 2 aromatic carbocycles. The maximum absolute atomic E-state index is 13.2. The standard InChI is InChI=1S/C23H29N5O4S/c1-4-16(2)28-21-10-9-18(15-20(21)25-26-28)33(30,31)27-13-11-17(12-14-27)23(29)24-19-7-5-6-8-22(19)32-3/h5-10,15-17H,4,11-14H2,1-3H3,(H,24,29). The molecule has 176 valence electrons. The lowest BCUT2D eigenvalue weighted by atomic mass is 9.97. The SMILES string of the molecule is CCC(C)n1nnc2cc(S(=O)(=O)N3CCC(C(=O)Nc4ccccc4OC)CC3)ccc21. The van der Waals surface area contributed by atoms with Gasteiger partial charge in [-0.3, -0.25) is 4.79 Å². The fourth-order valence-electron chi connectivity index (χ4n) is 4.07. The van der Waals surface area contributed by atoms with Crippen molar-refractivity contribution in [2.45, 2.75) is 44.0 Å². The molecule has 1 aromatic heterocycles. The third kappa shape index (κ3) is 4.58. The maximum atomic E-state index is 13.2.